The smallest absolute Gasteiger partial charge is 0.355 e. The van der Waals surface area contributed by atoms with E-state index in [0.717, 1.165) is 12.2 Å². The number of hydrogen-bond donors (Lipinski definition) is 0. The van der Waals surface area contributed by atoms with E-state index >= 15 is 0 Å². The van der Waals surface area contributed by atoms with E-state index in [9.17, 15) is 4.79 Å². The lowest BCUT2D eigenvalue weighted by molar-refractivity contribution is 0.0592. The Hall–Kier alpha value is -1.91. The predicted octanol–water partition coefficient (Wildman–Crippen LogP) is 1.08. The maximum absolute atomic E-state index is 11.5. The van der Waals surface area contributed by atoms with Gasteiger partial charge in [-0.15, -0.1) is 10.2 Å². The molecule has 2 heterocycles. The fraction of sp³-hybridized carbons (Fsp3) is 0.300. The maximum atomic E-state index is 11.5. The number of aromatic nitrogens is 3. The van der Waals surface area contributed by atoms with Gasteiger partial charge >= 0.3 is 5.97 Å². The Morgan fingerprint density at radius 3 is 2.93 bits per heavy atom. The van der Waals surface area contributed by atoms with Crippen molar-refractivity contribution in [3.8, 4) is 0 Å². The van der Waals surface area contributed by atoms with Gasteiger partial charge in [-0.3, -0.25) is 4.40 Å². The van der Waals surface area contributed by atoms with Crippen LogP contribution >= 0.6 is 0 Å². The van der Waals surface area contributed by atoms with Crippen molar-refractivity contribution in [1.82, 2.24) is 14.6 Å². The lowest BCUT2D eigenvalue weighted by Gasteiger charge is -2.03. The van der Waals surface area contributed by atoms with Crippen LogP contribution in [0.15, 0.2) is 18.2 Å². The van der Waals surface area contributed by atoms with Crippen LogP contribution in [0.5, 0.6) is 0 Å². The first kappa shape index (κ1) is 9.64. The molecule has 5 heteroatoms. The van der Waals surface area contributed by atoms with E-state index in [-0.39, 0.29) is 5.97 Å². The monoisotopic (exact) mass is 205 g/mol. The Labute approximate surface area is 86.7 Å². The molecule has 0 unspecified atom stereocenters. The number of methoxy groups -OCH3 is 1. The van der Waals surface area contributed by atoms with Crippen molar-refractivity contribution in [2.75, 3.05) is 7.11 Å². The number of ether oxygens (including phenoxy) is 1. The van der Waals surface area contributed by atoms with Gasteiger partial charge in [0, 0.05) is 6.42 Å². The minimum absolute atomic E-state index is 0.380. The number of rotatable bonds is 2. The maximum Gasteiger partial charge on any atom is 0.355 e. The summed E-state index contributed by atoms with van der Waals surface area (Å²) in [6.45, 7) is 1.96. The van der Waals surface area contributed by atoms with Crippen LogP contribution in [-0.4, -0.2) is 27.7 Å². The van der Waals surface area contributed by atoms with Crippen molar-refractivity contribution < 1.29 is 9.53 Å². The minimum atomic E-state index is -0.380. The molecule has 0 atom stereocenters. The second-order valence-corrected chi connectivity index (χ2v) is 3.07. The average molecular weight is 205 g/mol. The van der Waals surface area contributed by atoms with Gasteiger partial charge in [0.15, 0.2) is 5.65 Å². The average Bonchev–Trinajstić information content (AvgIpc) is 2.70. The molecule has 0 aromatic carbocycles. The summed E-state index contributed by atoms with van der Waals surface area (Å²) in [6.07, 6.45) is 0.717. The molecule has 0 N–H and O–H groups in total. The lowest BCUT2D eigenvalue weighted by atomic mass is 10.3. The second kappa shape index (κ2) is 3.68. The first-order chi connectivity index (χ1) is 7.27. The summed E-state index contributed by atoms with van der Waals surface area (Å²) >= 11 is 0. The number of carbonyl (C=O) groups excluding carboxylic acids is 1. The van der Waals surface area contributed by atoms with Crippen molar-refractivity contribution in [1.29, 1.82) is 0 Å². The third-order valence-corrected chi connectivity index (χ3v) is 2.21. The molecule has 0 aliphatic heterocycles. The predicted molar refractivity (Wildman–Crippen MR) is 53.7 cm³/mol. The molecule has 0 fully saturated rings. The molecule has 78 valence electrons. The minimum Gasteiger partial charge on any atom is -0.464 e. The van der Waals surface area contributed by atoms with Crippen LogP contribution in [0.3, 0.4) is 0 Å². The number of carbonyl (C=O) groups is 1. The SMILES string of the molecule is CCc1nnc2cccc(C(=O)OC)n12. The number of hydrogen-bond acceptors (Lipinski definition) is 4. The van der Waals surface area contributed by atoms with Gasteiger partial charge in [0.1, 0.15) is 11.5 Å². The van der Waals surface area contributed by atoms with Gasteiger partial charge in [0.2, 0.25) is 0 Å². The van der Waals surface area contributed by atoms with Crippen LogP contribution in [0.2, 0.25) is 0 Å². The van der Waals surface area contributed by atoms with Gasteiger partial charge in [-0.05, 0) is 12.1 Å². The molecule has 5 nitrogen and oxygen atoms in total. The Morgan fingerprint density at radius 1 is 1.47 bits per heavy atom. The molecular formula is C10H11N3O2. The van der Waals surface area contributed by atoms with E-state index in [2.05, 4.69) is 10.2 Å². The molecule has 0 spiro atoms. The molecule has 0 amide bonds. The summed E-state index contributed by atoms with van der Waals surface area (Å²) in [4.78, 5) is 11.5. The van der Waals surface area contributed by atoms with E-state index in [0.29, 0.717) is 11.3 Å². The van der Waals surface area contributed by atoms with Crippen LogP contribution in [0.4, 0.5) is 0 Å². The van der Waals surface area contributed by atoms with Crippen LogP contribution < -0.4 is 0 Å². The fourth-order valence-electron chi connectivity index (χ4n) is 1.49. The number of pyridine rings is 1. The molecule has 0 aliphatic rings. The first-order valence-electron chi connectivity index (χ1n) is 4.69. The van der Waals surface area contributed by atoms with E-state index in [1.54, 1.807) is 22.6 Å². The Bertz CT molecular complexity index is 504. The summed E-state index contributed by atoms with van der Waals surface area (Å²) < 4.78 is 6.41. The van der Waals surface area contributed by atoms with Gasteiger partial charge in [-0.1, -0.05) is 13.0 Å². The molecule has 2 aromatic heterocycles. The highest BCUT2D eigenvalue weighted by molar-refractivity contribution is 5.88. The zero-order valence-corrected chi connectivity index (χ0v) is 8.60. The van der Waals surface area contributed by atoms with Crippen molar-refractivity contribution >= 4 is 11.6 Å². The molecule has 0 bridgehead atoms. The normalized spacial score (nSPS) is 10.5. The zero-order valence-electron chi connectivity index (χ0n) is 8.60. The number of fused-ring (bicyclic) bond motifs is 1. The van der Waals surface area contributed by atoms with Crippen molar-refractivity contribution in [3.63, 3.8) is 0 Å². The summed E-state index contributed by atoms with van der Waals surface area (Å²) in [5.41, 5.74) is 1.12. The summed E-state index contributed by atoms with van der Waals surface area (Å²) in [5.74, 6) is 0.376. The third kappa shape index (κ3) is 1.45. The summed E-state index contributed by atoms with van der Waals surface area (Å²) in [7, 11) is 1.36. The highest BCUT2D eigenvalue weighted by Gasteiger charge is 2.13. The standard InChI is InChI=1S/C10H11N3O2/c1-3-8-11-12-9-6-4-5-7(13(8)9)10(14)15-2/h4-6H,3H2,1-2H3. The third-order valence-electron chi connectivity index (χ3n) is 2.21. The molecule has 0 aliphatic carbocycles. The van der Waals surface area contributed by atoms with E-state index in [4.69, 9.17) is 4.74 Å². The number of aryl methyl sites for hydroxylation is 1. The quantitative estimate of drug-likeness (QED) is 0.688. The van der Waals surface area contributed by atoms with Gasteiger partial charge in [-0.2, -0.15) is 0 Å². The Kier molecular flexibility index (Phi) is 2.37. The lowest BCUT2D eigenvalue weighted by Crippen LogP contribution is -2.09. The number of nitrogens with zero attached hydrogens (tertiary/aromatic N) is 3. The van der Waals surface area contributed by atoms with Crippen LogP contribution in [0.1, 0.15) is 23.2 Å². The first-order valence-corrected chi connectivity index (χ1v) is 4.69. The molecule has 2 aromatic rings. The largest absolute Gasteiger partial charge is 0.464 e. The summed E-state index contributed by atoms with van der Waals surface area (Å²) in [5, 5.41) is 7.97. The van der Waals surface area contributed by atoms with Crippen LogP contribution in [0.25, 0.3) is 5.65 Å². The molecule has 0 saturated heterocycles. The van der Waals surface area contributed by atoms with Gasteiger partial charge in [0.05, 0.1) is 7.11 Å². The van der Waals surface area contributed by atoms with Crippen molar-refractivity contribution in [2.24, 2.45) is 0 Å². The molecule has 0 saturated carbocycles. The van der Waals surface area contributed by atoms with Gasteiger partial charge < -0.3 is 4.74 Å². The van der Waals surface area contributed by atoms with E-state index in [1.807, 2.05) is 6.92 Å². The molecule has 15 heavy (non-hydrogen) atoms. The highest BCUT2D eigenvalue weighted by Crippen LogP contribution is 2.09. The van der Waals surface area contributed by atoms with Gasteiger partial charge in [0.25, 0.3) is 0 Å². The van der Waals surface area contributed by atoms with E-state index < -0.39 is 0 Å². The molecular weight excluding hydrogens is 194 g/mol. The number of esters is 1. The van der Waals surface area contributed by atoms with Crippen LogP contribution in [-0.2, 0) is 11.2 Å². The summed E-state index contributed by atoms with van der Waals surface area (Å²) in [6, 6.07) is 5.26. The zero-order chi connectivity index (χ0) is 10.8. The highest BCUT2D eigenvalue weighted by atomic mass is 16.5. The molecule has 0 radical (unpaired) electrons. The second-order valence-electron chi connectivity index (χ2n) is 3.07. The van der Waals surface area contributed by atoms with Crippen molar-refractivity contribution in [3.05, 3.63) is 29.7 Å². The Morgan fingerprint density at radius 2 is 2.27 bits per heavy atom. The van der Waals surface area contributed by atoms with Crippen molar-refractivity contribution in [2.45, 2.75) is 13.3 Å². The van der Waals surface area contributed by atoms with Gasteiger partial charge in [-0.25, -0.2) is 4.79 Å². The fourth-order valence-corrected chi connectivity index (χ4v) is 1.49. The Balaban J connectivity index is 2.72. The van der Waals surface area contributed by atoms with Crippen LogP contribution in [0, 0.1) is 0 Å². The van der Waals surface area contributed by atoms with E-state index in [1.165, 1.54) is 7.11 Å². The molecule has 2 rings (SSSR count). The topological polar surface area (TPSA) is 56.5 Å².